The van der Waals surface area contributed by atoms with Crippen LogP contribution < -0.4 is 0 Å². The molecule has 1 aliphatic rings. The predicted molar refractivity (Wildman–Crippen MR) is 63.1 cm³/mol. The standard InChI is InChI=1S/C10H15N3O4S/c1-18(16,17)8-4-2-3-7(5-8)13-6-9(10(14)15)11-12-13/h6-8H,2-5H2,1H3,(H,14,15). The zero-order valence-electron chi connectivity index (χ0n) is 9.98. The highest BCUT2D eigenvalue weighted by atomic mass is 32.2. The van der Waals surface area contributed by atoms with Crippen molar-refractivity contribution in [1.82, 2.24) is 15.0 Å². The van der Waals surface area contributed by atoms with E-state index in [2.05, 4.69) is 10.3 Å². The fourth-order valence-electron chi connectivity index (χ4n) is 2.30. The molecule has 7 nitrogen and oxygen atoms in total. The van der Waals surface area contributed by atoms with Crippen LogP contribution in [0.4, 0.5) is 0 Å². The van der Waals surface area contributed by atoms with Crippen molar-refractivity contribution in [3.8, 4) is 0 Å². The monoisotopic (exact) mass is 273 g/mol. The van der Waals surface area contributed by atoms with E-state index in [1.54, 1.807) is 0 Å². The van der Waals surface area contributed by atoms with Crippen LogP contribution >= 0.6 is 0 Å². The van der Waals surface area contributed by atoms with E-state index in [0.717, 1.165) is 12.8 Å². The minimum Gasteiger partial charge on any atom is -0.476 e. The maximum Gasteiger partial charge on any atom is 0.358 e. The third-order valence-electron chi connectivity index (χ3n) is 3.31. The Morgan fingerprint density at radius 2 is 2.22 bits per heavy atom. The van der Waals surface area contributed by atoms with E-state index in [4.69, 9.17) is 5.11 Å². The van der Waals surface area contributed by atoms with Crippen LogP contribution in [0.25, 0.3) is 0 Å². The lowest BCUT2D eigenvalue weighted by molar-refractivity contribution is 0.0690. The number of carbonyl (C=O) groups is 1. The van der Waals surface area contributed by atoms with Gasteiger partial charge in [0.2, 0.25) is 0 Å². The molecule has 1 heterocycles. The Labute approximate surface area is 105 Å². The highest BCUT2D eigenvalue weighted by molar-refractivity contribution is 7.91. The van der Waals surface area contributed by atoms with Gasteiger partial charge in [-0.15, -0.1) is 5.10 Å². The van der Waals surface area contributed by atoms with E-state index in [1.807, 2.05) is 0 Å². The van der Waals surface area contributed by atoms with E-state index in [-0.39, 0.29) is 17.0 Å². The first-order valence-electron chi connectivity index (χ1n) is 5.72. The SMILES string of the molecule is CS(=O)(=O)C1CCCC(n2cc(C(=O)O)nn2)C1. The first-order chi connectivity index (χ1) is 8.38. The first kappa shape index (κ1) is 13.0. The van der Waals surface area contributed by atoms with E-state index in [1.165, 1.54) is 17.1 Å². The highest BCUT2D eigenvalue weighted by Gasteiger charge is 2.30. The van der Waals surface area contributed by atoms with Crippen molar-refractivity contribution in [2.45, 2.75) is 37.0 Å². The lowest BCUT2D eigenvalue weighted by atomic mass is 9.95. The maximum atomic E-state index is 11.5. The van der Waals surface area contributed by atoms with Gasteiger partial charge in [0.25, 0.3) is 0 Å². The zero-order chi connectivity index (χ0) is 13.3. The second kappa shape index (κ2) is 4.68. The molecule has 1 aromatic heterocycles. The molecule has 0 spiro atoms. The summed E-state index contributed by atoms with van der Waals surface area (Å²) < 4.78 is 24.5. The van der Waals surface area contributed by atoms with Gasteiger partial charge in [-0.1, -0.05) is 11.6 Å². The summed E-state index contributed by atoms with van der Waals surface area (Å²) in [4.78, 5) is 10.7. The fourth-order valence-corrected chi connectivity index (χ4v) is 3.47. The topological polar surface area (TPSA) is 102 Å². The molecule has 1 aromatic rings. The Morgan fingerprint density at radius 3 is 2.78 bits per heavy atom. The van der Waals surface area contributed by atoms with Crippen molar-refractivity contribution in [2.24, 2.45) is 0 Å². The maximum absolute atomic E-state index is 11.5. The molecule has 0 radical (unpaired) electrons. The lowest BCUT2D eigenvalue weighted by Crippen LogP contribution is -2.29. The number of nitrogens with zero attached hydrogens (tertiary/aromatic N) is 3. The highest BCUT2D eigenvalue weighted by Crippen LogP contribution is 2.31. The first-order valence-corrected chi connectivity index (χ1v) is 7.67. The Kier molecular flexibility index (Phi) is 3.38. The number of aromatic nitrogens is 3. The minimum absolute atomic E-state index is 0.0842. The molecule has 0 amide bonds. The van der Waals surface area contributed by atoms with E-state index >= 15 is 0 Å². The summed E-state index contributed by atoms with van der Waals surface area (Å²) in [5.74, 6) is -1.13. The number of hydrogen-bond donors (Lipinski definition) is 1. The quantitative estimate of drug-likeness (QED) is 0.860. The van der Waals surface area contributed by atoms with E-state index < -0.39 is 15.8 Å². The Balaban J connectivity index is 2.15. The molecule has 0 saturated heterocycles. The van der Waals surface area contributed by atoms with Crippen molar-refractivity contribution in [3.05, 3.63) is 11.9 Å². The zero-order valence-corrected chi connectivity index (χ0v) is 10.8. The van der Waals surface area contributed by atoms with Crippen LogP contribution in [0.5, 0.6) is 0 Å². The number of rotatable bonds is 3. The van der Waals surface area contributed by atoms with Gasteiger partial charge in [-0.2, -0.15) is 0 Å². The molecule has 8 heteroatoms. The van der Waals surface area contributed by atoms with E-state index in [0.29, 0.717) is 12.8 Å². The number of carboxylic acids is 1. The van der Waals surface area contributed by atoms with Crippen LogP contribution in [0, 0.1) is 0 Å². The fraction of sp³-hybridized carbons (Fsp3) is 0.700. The van der Waals surface area contributed by atoms with Crippen molar-refractivity contribution in [3.63, 3.8) is 0 Å². The Bertz CT molecular complexity index is 551. The average molecular weight is 273 g/mol. The van der Waals surface area contributed by atoms with Gasteiger partial charge < -0.3 is 5.11 Å². The molecule has 1 aliphatic carbocycles. The summed E-state index contributed by atoms with van der Waals surface area (Å²) in [6, 6.07) is -0.0842. The van der Waals surface area contributed by atoms with Gasteiger partial charge in [-0.05, 0) is 19.3 Å². The average Bonchev–Trinajstić information content (AvgIpc) is 2.77. The molecule has 2 unspecified atom stereocenters. The largest absolute Gasteiger partial charge is 0.476 e. The molecule has 0 aliphatic heterocycles. The van der Waals surface area contributed by atoms with Crippen molar-refractivity contribution in [1.29, 1.82) is 0 Å². The smallest absolute Gasteiger partial charge is 0.358 e. The van der Waals surface area contributed by atoms with Gasteiger partial charge in [0.15, 0.2) is 5.69 Å². The van der Waals surface area contributed by atoms with Gasteiger partial charge >= 0.3 is 5.97 Å². The molecule has 1 saturated carbocycles. The van der Waals surface area contributed by atoms with Crippen LogP contribution in [0.3, 0.4) is 0 Å². The molecule has 2 rings (SSSR count). The van der Waals surface area contributed by atoms with Crippen LogP contribution in [0.1, 0.15) is 42.2 Å². The summed E-state index contributed by atoms with van der Waals surface area (Å²) >= 11 is 0. The molecule has 2 atom stereocenters. The molecule has 0 aromatic carbocycles. The van der Waals surface area contributed by atoms with Crippen LogP contribution in [0.2, 0.25) is 0 Å². The molecule has 0 bridgehead atoms. The van der Waals surface area contributed by atoms with Crippen molar-refractivity contribution < 1.29 is 18.3 Å². The normalized spacial score (nSPS) is 24.9. The second-order valence-electron chi connectivity index (χ2n) is 4.66. The van der Waals surface area contributed by atoms with Gasteiger partial charge in [-0.3, -0.25) is 0 Å². The van der Waals surface area contributed by atoms with Crippen LogP contribution in [0.15, 0.2) is 6.20 Å². The minimum atomic E-state index is -3.05. The van der Waals surface area contributed by atoms with Crippen LogP contribution in [-0.4, -0.2) is 46.0 Å². The number of aromatic carboxylic acids is 1. The molecular weight excluding hydrogens is 258 g/mol. The molecule has 1 N–H and O–H groups in total. The van der Waals surface area contributed by atoms with E-state index in [9.17, 15) is 13.2 Å². The predicted octanol–water partition coefficient (Wildman–Crippen LogP) is 0.505. The van der Waals surface area contributed by atoms with Crippen molar-refractivity contribution in [2.75, 3.05) is 6.26 Å². The number of carboxylic acid groups (broad SMARTS) is 1. The lowest BCUT2D eigenvalue weighted by Gasteiger charge is -2.27. The summed E-state index contributed by atoms with van der Waals surface area (Å²) in [5, 5.41) is 15.7. The second-order valence-corrected chi connectivity index (χ2v) is 6.99. The van der Waals surface area contributed by atoms with Gasteiger partial charge in [-0.25, -0.2) is 17.9 Å². The molecule has 18 heavy (non-hydrogen) atoms. The number of sulfone groups is 1. The van der Waals surface area contributed by atoms with Gasteiger partial charge in [0.1, 0.15) is 9.84 Å². The number of hydrogen-bond acceptors (Lipinski definition) is 5. The summed E-state index contributed by atoms with van der Waals surface area (Å²) in [7, 11) is -3.05. The molecule has 100 valence electrons. The third-order valence-corrected chi connectivity index (χ3v) is 4.95. The van der Waals surface area contributed by atoms with Gasteiger partial charge in [0.05, 0.1) is 17.5 Å². The summed E-state index contributed by atoms with van der Waals surface area (Å²) in [5.41, 5.74) is -0.114. The van der Waals surface area contributed by atoms with Crippen molar-refractivity contribution >= 4 is 15.8 Å². The molecular formula is C10H15N3O4S. The third kappa shape index (κ3) is 2.69. The summed E-state index contributed by atoms with van der Waals surface area (Å²) in [6.45, 7) is 0. The molecule has 1 fully saturated rings. The van der Waals surface area contributed by atoms with Gasteiger partial charge in [0, 0.05) is 6.26 Å². The Morgan fingerprint density at radius 1 is 1.50 bits per heavy atom. The van der Waals surface area contributed by atoms with Crippen LogP contribution in [-0.2, 0) is 9.84 Å². The summed E-state index contributed by atoms with van der Waals surface area (Å²) in [6.07, 6.45) is 5.33. The Hall–Kier alpha value is -1.44.